The zero-order valence-electron chi connectivity index (χ0n) is 31.4. The number of nitrogens with one attached hydrogen (secondary N) is 4. The smallest absolute Gasteiger partial charge is 0.408 e. The van der Waals surface area contributed by atoms with Crippen LogP contribution in [-0.4, -0.2) is 102 Å². The second-order valence-electron chi connectivity index (χ2n) is 14.2. The highest BCUT2D eigenvalue weighted by atomic mass is 32.1. The van der Waals surface area contributed by atoms with Gasteiger partial charge in [-0.25, -0.2) is 9.78 Å². The normalized spacial score (nSPS) is 15.4. The number of hydrogen-bond donors (Lipinski definition) is 5. The van der Waals surface area contributed by atoms with E-state index in [9.17, 15) is 24.3 Å². The summed E-state index contributed by atoms with van der Waals surface area (Å²) in [6, 6.07) is 19.7. The van der Waals surface area contributed by atoms with Crippen molar-refractivity contribution in [3.63, 3.8) is 0 Å². The maximum absolute atomic E-state index is 14.2. The van der Waals surface area contributed by atoms with Gasteiger partial charge in [0.15, 0.2) is 0 Å². The summed E-state index contributed by atoms with van der Waals surface area (Å²) in [5.74, 6) is -1.39. The molecule has 1 aromatic heterocycles. The molecular formula is C41H52N6O7S. The Hall–Kier alpha value is -4.89. The lowest BCUT2D eigenvalue weighted by atomic mass is 9.96. The second-order valence-corrected chi connectivity index (χ2v) is 14.9. The molecule has 0 radical (unpaired) electrons. The van der Waals surface area contributed by atoms with Crippen molar-refractivity contribution in [1.82, 2.24) is 31.2 Å². The summed E-state index contributed by atoms with van der Waals surface area (Å²) in [7, 11) is 0. The van der Waals surface area contributed by atoms with Gasteiger partial charge in [-0.05, 0) is 34.2 Å². The van der Waals surface area contributed by atoms with E-state index < -0.39 is 42.1 Å². The summed E-state index contributed by atoms with van der Waals surface area (Å²) in [4.78, 5) is 60.8. The molecule has 4 atom stereocenters. The molecule has 13 nitrogen and oxygen atoms in total. The van der Waals surface area contributed by atoms with Crippen molar-refractivity contribution in [3.05, 3.63) is 101 Å². The van der Waals surface area contributed by atoms with Crippen molar-refractivity contribution in [2.75, 3.05) is 39.4 Å². The molecule has 0 bridgehead atoms. The van der Waals surface area contributed by atoms with Crippen molar-refractivity contribution in [1.29, 1.82) is 0 Å². The lowest BCUT2D eigenvalue weighted by Crippen LogP contribution is -2.57. The Morgan fingerprint density at radius 3 is 2.35 bits per heavy atom. The van der Waals surface area contributed by atoms with Crippen molar-refractivity contribution < 1.29 is 33.8 Å². The number of benzene rings is 3. The summed E-state index contributed by atoms with van der Waals surface area (Å²) < 4.78 is 10.9. The fourth-order valence-electron chi connectivity index (χ4n) is 6.52. The van der Waals surface area contributed by atoms with E-state index in [0.717, 1.165) is 35.0 Å². The lowest BCUT2D eigenvalue weighted by molar-refractivity contribution is -0.131. The summed E-state index contributed by atoms with van der Waals surface area (Å²) in [6.07, 6.45) is -1.59. The number of rotatable bonds is 19. The van der Waals surface area contributed by atoms with Crippen LogP contribution in [0.4, 0.5) is 4.79 Å². The Morgan fingerprint density at radius 1 is 0.891 bits per heavy atom. The van der Waals surface area contributed by atoms with Gasteiger partial charge in [-0.3, -0.25) is 19.3 Å². The number of aliphatic hydroxyl groups is 1. The van der Waals surface area contributed by atoms with Crippen LogP contribution >= 0.6 is 11.3 Å². The van der Waals surface area contributed by atoms with Crippen LogP contribution in [0, 0.1) is 5.92 Å². The SMILES string of the molecule is CC(C)C[C@H](NC(=O)C(Cc1cscn1)NC(=O)[C@H](Cc1cccc2ccccc12)NC(=O)OCc1ccccc1)[C@@H](O)CC(=O)NCCN1CCOCC1. The summed E-state index contributed by atoms with van der Waals surface area (Å²) in [5.41, 5.74) is 3.84. The molecule has 1 saturated heterocycles. The molecule has 55 heavy (non-hydrogen) atoms. The first kappa shape index (κ1) is 41.3. The van der Waals surface area contributed by atoms with Crippen molar-refractivity contribution in [3.8, 4) is 0 Å². The first-order chi connectivity index (χ1) is 26.6. The van der Waals surface area contributed by atoms with Gasteiger partial charge >= 0.3 is 6.09 Å². The van der Waals surface area contributed by atoms with E-state index in [2.05, 4.69) is 31.2 Å². The number of alkyl carbamates (subject to hydrolysis) is 1. The predicted octanol–water partition coefficient (Wildman–Crippen LogP) is 3.59. The van der Waals surface area contributed by atoms with Gasteiger partial charge in [0.1, 0.15) is 18.7 Å². The van der Waals surface area contributed by atoms with Gasteiger partial charge in [0.25, 0.3) is 0 Å². The summed E-state index contributed by atoms with van der Waals surface area (Å²) >= 11 is 1.36. The minimum Gasteiger partial charge on any atom is -0.445 e. The second kappa shape index (κ2) is 21.3. The van der Waals surface area contributed by atoms with Crippen LogP contribution in [0.1, 0.15) is 43.5 Å². The molecule has 5 rings (SSSR count). The van der Waals surface area contributed by atoms with E-state index in [4.69, 9.17) is 9.47 Å². The fourth-order valence-corrected chi connectivity index (χ4v) is 7.09. The standard InChI is InChI=1S/C41H52N6O7S/c1-28(2)21-34(37(48)24-38(49)42-15-16-47-17-19-53-20-18-47)44-40(51)36(23-32-26-55-27-43-32)45-39(50)35(46-41(52)54-25-29-9-4-3-5-10-29)22-31-13-8-12-30-11-6-7-14-33(30)31/h3-14,26-28,34-37,48H,15-25H2,1-2H3,(H,42,49)(H,44,51)(H,45,50)(H,46,52)/t34-,35-,36?,37-/m0/s1. The lowest BCUT2D eigenvalue weighted by Gasteiger charge is -2.29. The number of fused-ring (bicyclic) bond motifs is 1. The van der Waals surface area contributed by atoms with E-state index in [1.165, 1.54) is 11.3 Å². The van der Waals surface area contributed by atoms with Gasteiger partial charge in [-0.15, -0.1) is 11.3 Å². The van der Waals surface area contributed by atoms with E-state index in [1.54, 1.807) is 10.9 Å². The Morgan fingerprint density at radius 2 is 1.60 bits per heavy atom. The quantitative estimate of drug-likeness (QED) is 0.0956. The molecule has 0 saturated carbocycles. The van der Waals surface area contributed by atoms with E-state index in [0.29, 0.717) is 38.4 Å². The Kier molecular flexibility index (Phi) is 16.0. The molecule has 14 heteroatoms. The highest BCUT2D eigenvalue weighted by Gasteiger charge is 2.32. The third-order valence-electron chi connectivity index (χ3n) is 9.42. The van der Waals surface area contributed by atoms with Crippen LogP contribution in [0.3, 0.4) is 0 Å². The number of amides is 4. The van der Waals surface area contributed by atoms with Crippen LogP contribution in [0.15, 0.2) is 83.7 Å². The molecule has 1 aliphatic heterocycles. The number of ether oxygens (including phenoxy) is 2. The first-order valence-electron chi connectivity index (χ1n) is 18.8. The van der Waals surface area contributed by atoms with Crippen LogP contribution in [-0.2, 0) is 43.3 Å². The van der Waals surface area contributed by atoms with Crippen molar-refractivity contribution >= 4 is 45.9 Å². The number of morpholine rings is 1. The first-order valence-corrected chi connectivity index (χ1v) is 19.8. The van der Waals surface area contributed by atoms with Crippen LogP contribution in [0.5, 0.6) is 0 Å². The molecule has 294 valence electrons. The number of nitrogens with zero attached hydrogens (tertiary/aromatic N) is 2. The number of aliphatic hydroxyl groups excluding tert-OH is 1. The monoisotopic (exact) mass is 772 g/mol. The maximum Gasteiger partial charge on any atom is 0.408 e. The molecule has 1 aliphatic rings. The van der Waals surface area contributed by atoms with Gasteiger partial charge in [-0.2, -0.15) is 0 Å². The van der Waals surface area contributed by atoms with Crippen LogP contribution in [0.2, 0.25) is 0 Å². The Labute approximate surface area is 326 Å². The van der Waals surface area contributed by atoms with Crippen molar-refractivity contribution in [2.24, 2.45) is 5.92 Å². The summed E-state index contributed by atoms with van der Waals surface area (Å²) in [6.45, 7) is 7.97. The van der Waals surface area contributed by atoms with Crippen molar-refractivity contribution in [2.45, 2.75) is 70.4 Å². The number of carbonyl (C=O) groups is 4. The van der Waals surface area contributed by atoms with E-state index in [-0.39, 0.29) is 37.7 Å². The molecule has 0 aliphatic carbocycles. The van der Waals surface area contributed by atoms with Crippen LogP contribution in [0.25, 0.3) is 10.8 Å². The molecule has 5 N–H and O–H groups in total. The Bertz CT molecular complexity index is 1810. The fraction of sp³-hybridized carbons (Fsp3) is 0.439. The number of aromatic nitrogens is 1. The third kappa shape index (κ3) is 13.4. The van der Waals surface area contributed by atoms with Gasteiger partial charge in [0, 0.05) is 44.4 Å². The zero-order chi connectivity index (χ0) is 39.0. The molecule has 1 fully saturated rings. The Balaban J connectivity index is 1.29. The zero-order valence-corrected chi connectivity index (χ0v) is 32.3. The van der Waals surface area contributed by atoms with Gasteiger partial charge in [0.2, 0.25) is 17.7 Å². The molecule has 4 amide bonds. The molecule has 0 spiro atoms. The van der Waals surface area contributed by atoms with Gasteiger partial charge in [0.05, 0.1) is 43.0 Å². The van der Waals surface area contributed by atoms with E-state index >= 15 is 0 Å². The number of carbonyl (C=O) groups excluding carboxylic acids is 4. The largest absolute Gasteiger partial charge is 0.445 e. The summed E-state index contributed by atoms with van der Waals surface area (Å²) in [5, 5.41) is 26.4. The average Bonchev–Trinajstić information content (AvgIpc) is 3.70. The van der Waals surface area contributed by atoms with E-state index in [1.807, 2.05) is 86.6 Å². The highest BCUT2D eigenvalue weighted by molar-refractivity contribution is 7.07. The third-order valence-corrected chi connectivity index (χ3v) is 10.1. The minimum absolute atomic E-state index is 0.00952. The van der Waals surface area contributed by atoms with Crippen LogP contribution < -0.4 is 21.3 Å². The topological polar surface area (TPSA) is 171 Å². The molecule has 1 unspecified atom stereocenters. The molecule has 4 aromatic rings. The molecule has 2 heterocycles. The molecular weight excluding hydrogens is 721 g/mol. The average molecular weight is 773 g/mol. The highest BCUT2D eigenvalue weighted by Crippen LogP contribution is 2.20. The maximum atomic E-state index is 14.2. The van der Waals surface area contributed by atoms with Gasteiger partial charge < -0.3 is 35.8 Å². The van der Waals surface area contributed by atoms with Gasteiger partial charge in [-0.1, -0.05) is 86.6 Å². The minimum atomic E-state index is -1.18. The predicted molar refractivity (Wildman–Crippen MR) is 211 cm³/mol. The number of hydrogen-bond acceptors (Lipinski definition) is 10. The molecule has 3 aromatic carbocycles. The number of thiazole rings is 1.